The Balaban J connectivity index is 1.37. The zero-order chi connectivity index (χ0) is 21.1. The molecule has 8 nitrogen and oxygen atoms in total. The van der Waals surface area contributed by atoms with Crippen molar-refractivity contribution in [3.05, 3.63) is 52.8 Å². The Labute approximate surface area is 175 Å². The van der Waals surface area contributed by atoms with Gasteiger partial charge in [-0.1, -0.05) is 12.1 Å². The molecule has 1 aliphatic heterocycles. The van der Waals surface area contributed by atoms with Crippen LogP contribution in [-0.4, -0.2) is 40.1 Å². The second-order valence-electron chi connectivity index (χ2n) is 8.15. The highest BCUT2D eigenvalue weighted by atomic mass is 16.2. The zero-order valence-electron chi connectivity index (χ0n) is 17.1. The van der Waals surface area contributed by atoms with Crippen LogP contribution in [0.25, 0.3) is 0 Å². The van der Waals surface area contributed by atoms with Crippen LogP contribution in [0, 0.1) is 5.92 Å². The molecule has 2 aromatic rings. The minimum atomic E-state index is -0.177. The molecule has 4 rings (SSSR count). The third-order valence-electron chi connectivity index (χ3n) is 5.62. The van der Waals surface area contributed by atoms with Crippen molar-refractivity contribution < 1.29 is 14.4 Å². The van der Waals surface area contributed by atoms with E-state index in [0.29, 0.717) is 42.6 Å². The predicted molar refractivity (Wildman–Crippen MR) is 111 cm³/mol. The van der Waals surface area contributed by atoms with Crippen LogP contribution in [0.2, 0.25) is 0 Å². The second-order valence-corrected chi connectivity index (χ2v) is 8.15. The van der Waals surface area contributed by atoms with Gasteiger partial charge >= 0.3 is 0 Å². The average molecular weight is 409 g/mol. The Morgan fingerprint density at radius 2 is 1.97 bits per heavy atom. The fourth-order valence-electron chi connectivity index (χ4n) is 3.75. The fourth-order valence-corrected chi connectivity index (χ4v) is 3.75. The van der Waals surface area contributed by atoms with Crippen molar-refractivity contribution in [2.75, 3.05) is 6.54 Å². The maximum atomic E-state index is 12.8. The van der Waals surface area contributed by atoms with Gasteiger partial charge in [0.05, 0.1) is 17.5 Å². The molecule has 0 radical (unpaired) electrons. The molecule has 1 unspecified atom stereocenters. The summed E-state index contributed by atoms with van der Waals surface area (Å²) in [4.78, 5) is 36.2. The molecular weight excluding hydrogens is 382 g/mol. The number of carbonyl (C=O) groups excluding carboxylic acids is 3. The van der Waals surface area contributed by atoms with Crippen LogP contribution in [0.4, 0.5) is 0 Å². The third kappa shape index (κ3) is 4.87. The maximum absolute atomic E-state index is 12.8. The Morgan fingerprint density at radius 3 is 2.73 bits per heavy atom. The first-order chi connectivity index (χ1) is 14.5. The Hall–Kier alpha value is -3.16. The van der Waals surface area contributed by atoms with Gasteiger partial charge in [0.1, 0.15) is 0 Å². The molecule has 1 saturated carbocycles. The summed E-state index contributed by atoms with van der Waals surface area (Å²) < 4.78 is 1.88. The molecule has 0 spiro atoms. The average Bonchev–Trinajstić information content (AvgIpc) is 3.46. The maximum Gasteiger partial charge on any atom is 0.255 e. The van der Waals surface area contributed by atoms with Gasteiger partial charge in [0.15, 0.2) is 0 Å². The molecule has 3 amide bonds. The van der Waals surface area contributed by atoms with Crippen LogP contribution in [0.3, 0.4) is 0 Å². The van der Waals surface area contributed by atoms with Gasteiger partial charge in [-0.3, -0.25) is 19.1 Å². The van der Waals surface area contributed by atoms with E-state index in [9.17, 15) is 14.4 Å². The van der Waals surface area contributed by atoms with E-state index in [1.54, 1.807) is 12.3 Å². The largest absolute Gasteiger partial charge is 0.356 e. The zero-order valence-corrected chi connectivity index (χ0v) is 17.1. The molecule has 158 valence electrons. The highest BCUT2D eigenvalue weighted by Gasteiger charge is 2.26. The van der Waals surface area contributed by atoms with Crippen molar-refractivity contribution in [3.8, 4) is 0 Å². The third-order valence-corrected chi connectivity index (χ3v) is 5.62. The Morgan fingerprint density at radius 1 is 1.13 bits per heavy atom. The number of nitrogens with zero attached hydrogens (tertiary/aromatic N) is 2. The topological polar surface area (TPSA) is 105 Å². The van der Waals surface area contributed by atoms with Crippen molar-refractivity contribution in [3.63, 3.8) is 0 Å². The molecule has 30 heavy (non-hydrogen) atoms. The van der Waals surface area contributed by atoms with Crippen LogP contribution < -0.4 is 16.0 Å². The molecule has 1 atom stereocenters. The number of nitrogens with one attached hydrogen (secondary N) is 3. The van der Waals surface area contributed by atoms with Gasteiger partial charge in [-0.2, -0.15) is 5.10 Å². The fraction of sp³-hybridized carbons (Fsp3) is 0.455. The number of hydrogen-bond acceptors (Lipinski definition) is 4. The molecule has 8 heteroatoms. The van der Waals surface area contributed by atoms with Gasteiger partial charge in [0.25, 0.3) is 11.8 Å². The summed E-state index contributed by atoms with van der Waals surface area (Å²) in [5.41, 5.74) is 2.96. The SMILES string of the molecule is CC(=O)NCC1CCn2ncc(C(=O)NCc3cccc(C(=O)NC4CC4)c3)c2C1. The first-order valence-electron chi connectivity index (χ1n) is 10.5. The lowest BCUT2D eigenvalue weighted by Crippen LogP contribution is -2.33. The quantitative estimate of drug-likeness (QED) is 0.643. The number of amides is 3. The van der Waals surface area contributed by atoms with E-state index in [1.165, 1.54) is 6.92 Å². The molecular formula is C22H27N5O3. The van der Waals surface area contributed by atoms with Crippen LogP contribution in [-0.2, 0) is 24.3 Å². The van der Waals surface area contributed by atoms with Gasteiger partial charge in [-0.25, -0.2) is 0 Å². The van der Waals surface area contributed by atoms with Crippen LogP contribution in [0.1, 0.15) is 58.2 Å². The standard InChI is InChI=1S/C22H27N5O3/c1-14(28)23-11-16-7-8-27-20(10-16)19(13-25-27)22(30)24-12-15-3-2-4-17(9-15)21(29)26-18-5-6-18/h2-4,9,13,16,18H,5-8,10-12H2,1H3,(H,23,28)(H,24,30)(H,26,29). The van der Waals surface area contributed by atoms with Crippen LogP contribution in [0.15, 0.2) is 30.5 Å². The molecule has 1 aromatic carbocycles. The smallest absolute Gasteiger partial charge is 0.255 e. The van der Waals surface area contributed by atoms with Gasteiger partial charge in [-0.05, 0) is 49.3 Å². The van der Waals surface area contributed by atoms with Crippen molar-refractivity contribution in [2.24, 2.45) is 5.92 Å². The van der Waals surface area contributed by atoms with Gasteiger partial charge in [0.2, 0.25) is 5.91 Å². The summed E-state index contributed by atoms with van der Waals surface area (Å²) in [6.45, 7) is 3.20. The lowest BCUT2D eigenvalue weighted by atomic mass is 9.94. The van der Waals surface area contributed by atoms with Crippen molar-refractivity contribution in [1.82, 2.24) is 25.7 Å². The summed E-state index contributed by atoms with van der Waals surface area (Å²) in [5.74, 6) is 0.0113. The number of carbonyl (C=O) groups is 3. The molecule has 3 N–H and O–H groups in total. The van der Waals surface area contributed by atoms with E-state index >= 15 is 0 Å². The van der Waals surface area contributed by atoms with Crippen molar-refractivity contribution in [2.45, 2.75) is 51.7 Å². The summed E-state index contributed by atoms with van der Waals surface area (Å²) >= 11 is 0. The molecule has 0 saturated heterocycles. The number of benzene rings is 1. The van der Waals surface area contributed by atoms with E-state index in [1.807, 2.05) is 22.9 Å². The first-order valence-corrected chi connectivity index (χ1v) is 10.5. The molecule has 1 aromatic heterocycles. The summed E-state index contributed by atoms with van der Waals surface area (Å²) in [7, 11) is 0. The van der Waals surface area contributed by atoms with E-state index in [0.717, 1.165) is 37.1 Å². The predicted octanol–water partition coefficient (Wildman–Crippen LogP) is 1.40. The van der Waals surface area contributed by atoms with Crippen molar-refractivity contribution >= 4 is 17.7 Å². The lowest BCUT2D eigenvalue weighted by Gasteiger charge is -2.24. The second kappa shape index (κ2) is 8.69. The van der Waals surface area contributed by atoms with Gasteiger partial charge in [-0.15, -0.1) is 0 Å². The monoisotopic (exact) mass is 409 g/mol. The number of hydrogen-bond donors (Lipinski definition) is 3. The number of fused-ring (bicyclic) bond motifs is 1. The summed E-state index contributed by atoms with van der Waals surface area (Å²) in [5, 5.41) is 13.1. The molecule has 2 aliphatic rings. The van der Waals surface area contributed by atoms with Gasteiger partial charge < -0.3 is 16.0 Å². The minimum absolute atomic E-state index is 0.0416. The van der Waals surface area contributed by atoms with E-state index in [4.69, 9.17) is 0 Å². The summed E-state index contributed by atoms with van der Waals surface area (Å²) in [6, 6.07) is 7.63. The molecule has 1 fully saturated rings. The lowest BCUT2D eigenvalue weighted by molar-refractivity contribution is -0.119. The Bertz CT molecular complexity index is 963. The minimum Gasteiger partial charge on any atom is -0.356 e. The molecule has 2 heterocycles. The molecule has 0 bridgehead atoms. The summed E-state index contributed by atoms with van der Waals surface area (Å²) in [6.07, 6.45) is 5.34. The van der Waals surface area contributed by atoms with E-state index in [2.05, 4.69) is 21.0 Å². The number of aryl methyl sites for hydroxylation is 1. The molecule has 1 aliphatic carbocycles. The van der Waals surface area contributed by atoms with Crippen LogP contribution >= 0.6 is 0 Å². The number of rotatable bonds is 7. The van der Waals surface area contributed by atoms with Crippen LogP contribution in [0.5, 0.6) is 0 Å². The van der Waals surface area contributed by atoms with Crippen molar-refractivity contribution in [1.29, 1.82) is 0 Å². The normalized spacial score (nSPS) is 17.7. The van der Waals surface area contributed by atoms with E-state index < -0.39 is 0 Å². The number of aromatic nitrogens is 2. The first kappa shape index (κ1) is 20.1. The Kier molecular flexibility index (Phi) is 5.83. The van der Waals surface area contributed by atoms with E-state index in [-0.39, 0.29) is 17.7 Å². The highest BCUT2D eigenvalue weighted by molar-refractivity contribution is 5.96. The highest BCUT2D eigenvalue weighted by Crippen LogP contribution is 2.23. The van der Waals surface area contributed by atoms with Gasteiger partial charge in [0, 0.05) is 38.2 Å².